The summed E-state index contributed by atoms with van der Waals surface area (Å²) in [6.45, 7) is 14.4. The highest BCUT2D eigenvalue weighted by molar-refractivity contribution is 5.78. The lowest BCUT2D eigenvalue weighted by Gasteiger charge is -2.35. The van der Waals surface area contributed by atoms with Crippen molar-refractivity contribution in [2.45, 2.75) is 46.6 Å². The van der Waals surface area contributed by atoms with Gasteiger partial charge in [0.25, 0.3) is 0 Å². The van der Waals surface area contributed by atoms with Crippen LogP contribution in [-0.4, -0.2) is 53.5 Å². The molecule has 1 aromatic heterocycles. The number of hydrogen-bond donors (Lipinski definition) is 1. The molecule has 1 fully saturated rings. The molecule has 6 heteroatoms. The van der Waals surface area contributed by atoms with Crippen molar-refractivity contribution in [3.63, 3.8) is 0 Å². The number of anilines is 1. The molecule has 0 unspecified atom stereocenters. The van der Waals surface area contributed by atoms with Crippen molar-refractivity contribution in [3.8, 4) is 0 Å². The molecule has 1 saturated heterocycles. The first kappa shape index (κ1) is 22.2. The smallest absolute Gasteiger partial charge is 0.234 e. The molecule has 162 valence electrons. The molecule has 6 nitrogen and oxygen atoms in total. The van der Waals surface area contributed by atoms with Crippen LogP contribution in [0.2, 0.25) is 0 Å². The molecule has 0 aliphatic carbocycles. The number of aromatic nitrogens is 2. The first-order valence-corrected chi connectivity index (χ1v) is 11.0. The van der Waals surface area contributed by atoms with Crippen molar-refractivity contribution in [2.75, 3.05) is 37.6 Å². The zero-order valence-electron chi connectivity index (χ0n) is 18.9. The zero-order valence-corrected chi connectivity index (χ0v) is 18.9. The number of carbonyl (C=O) groups is 1. The van der Waals surface area contributed by atoms with E-state index in [2.05, 4.69) is 66.0 Å². The van der Waals surface area contributed by atoms with Gasteiger partial charge in [-0.05, 0) is 18.4 Å². The Morgan fingerprint density at radius 1 is 1.03 bits per heavy atom. The maximum atomic E-state index is 12.7. The summed E-state index contributed by atoms with van der Waals surface area (Å²) in [7, 11) is 0. The number of piperazine rings is 1. The Morgan fingerprint density at radius 2 is 1.70 bits per heavy atom. The quantitative estimate of drug-likeness (QED) is 0.758. The molecule has 1 aromatic carbocycles. The molecule has 1 aliphatic heterocycles. The standard InChI is InChI=1S/C24H35N5O/c1-17(2)23(20-9-7-6-8-10-20)27-22(30)16-28-11-13-29(14-12-28)21-15-19(5)25-24(26-21)18(3)4/h6-10,15,17-18,23H,11-14,16H2,1-5H3,(H,27,30)/t23-/m1/s1. The highest BCUT2D eigenvalue weighted by Crippen LogP contribution is 2.22. The zero-order chi connectivity index (χ0) is 21.7. The molecule has 0 spiro atoms. The summed E-state index contributed by atoms with van der Waals surface area (Å²) >= 11 is 0. The Bertz CT molecular complexity index is 829. The van der Waals surface area contributed by atoms with Gasteiger partial charge in [-0.15, -0.1) is 0 Å². The molecule has 30 heavy (non-hydrogen) atoms. The summed E-state index contributed by atoms with van der Waals surface area (Å²) in [4.78, 5) is 26.6. The van der Waals surface area contributed by atoms with Gasteiger partial charge in [-0.1, -0.05) is 58.0 Å². The van der Waals surface area contributed by atoms with Crippen molar-refractivity contribution < 1.29 is 4.79 Å². The van der Waals surface area contributed by atoms with Crippen molar-refractivity contribution in [2.24, 2.45) is 5.92 Å². The van der Waals surface area contributed by atoms with Crippen LogP contribution in [0.4, 0.5) is 5.82 Å². The maximum absolute atomic E-state index is 12.7. The number of rotatable bonds is 7. The second-order valence-electron chi connectivity index (χ2n) is 8.84. The molecule has 1 atom stereocenters. The van der Waals surface area contributed by atoms with Gasteiger partial charge in [0, 0.05) is 43.9 Å². The number of nitrogens with one attached hydrogen (secondary N) is 1. The number of carbonyl (C=O) groups excluding carboxylic acids is 1. The van der Waals surface area contributed by atoms with E-state index in [0.29, 0.717) is 18.4 Å². The second-order valence-corrected chi connectivity index (χ2v) is 8.84. The first-order valence-electron chi connectivity index (χ1n) is 11.0. The van der Waals surface area contributed by atoms with E-state index in [1.165, 1.54) is 0 Å². The predicted octanol–water partition coefficient (Wildman–Crippen LogP) is 3.54. The number of amides is 1. The third-order valence-electron chi connectivity index (χ3n) is 5.58. The lowest BCUT2D eigenvalue weighted by molar-refractivity contribution is -0.123. The summed E-state index contributed by atoms with van der Waals surface area (Å²) < 4.78 is 0. The summed E-state index contributed by atoms with van der Waals surface area (Å²) in [5.41, 5.74) is 2.16. The fourth-order valence-corrected chi connectivity index (χ4v) is 3.85. The van der Waals surface area contributed by atoms with Crippen LogP contribution in [0.1, 0.15) is 56.7 Å². The van der Waals surface area contributed by atoms with Crippen LogP contribution in [0.25, 0.3) is 0 Å². The highest BCUT2D eigenvalue weighted by atomic mass is 16.2. The van der Waals surface area contributed by atoms with Crippen LogP contribution >= 0.6 is 0 Å². The highest BCUT2D eigenvalue weighted by Gasteiger charge is 2.23. The SMILES string of the molecule is Cc1cc(N2CCN(CC(=O)N[C@@H](c3ccccc3)C(C)C)CC2)nc(C(C)C)n1. The van der Waals surface area contributed by atoms with Gasteiger partial charge in [-0.2, -0.15) is 0 Å². The predicted molar refractivity (Wildman–Crippen MR) is 122 cm³/mol. The summed E-state index contributed by atoms with van der Waals surface area (Å²) in [6, 6.07) is 12.3. The molecular weight excluding hydrogens is 374 g/mol. The Morgan fingerprint density at radius 3 is 2.30 bits per heavy atom. The topological polar surface area (TPSA) is 61.4 Å². The molecule has 2 aromatic rings. The van der Waals surface area contributed by atoms with Crippen LogP contribution in [0.15, 0.2) is 36.4 Å². The fraction of sp³-hybridized carbons (Fsp3) is 0.542. The van der Waals surface area contributed by atoms with Crippen LogP contribution in [-0.2, 0) is 4.79 Å². The molecule has 3 rings (SSSR count). The molecule has 0 radical (unpaired) electrons. The maximum Gasteiger partial charge on any atom is 0.234 e. The molecule has 0 bridgehead atoms. The Hall–Kier alpha value is -2.47. The third kappa shape index (κ3) is 5.79. The summed E-state index contributed by atoms with van der Waals surface area (Å²) in [6.07, 6.45) is 0. The molecule has 0 saturated carbocycles. The minimum atomic E-state index is 0.0402. The normalized spacial score (nSPS) is 16.2. The Labute approximate surface area is 180 Å². The summed E-state index contributed by atoms with van der Waals surface area (Å²) in [5, 5.41) is 3.24. The van der Waals surface area contributed by atoms with E-state index >= 15 is 0 Å². The van der Waals surface area contributed by atoms with Gasteiger partial charge in [0.1, 0.15) is 11.6 Å². The Kier molecular flexibility index (Phi) is 7.43. The molecule has 2 heterocycles. The first-order chi connectivity index (χ1) is 14.3. The van der Waals surface area contributed by atoms with Gasteiger partial charge in [-0.3, -0.25) is 9.69 Å². The van der Waals surface area contributed by atoms with Crippen molar-refractivity contribution >= 4 is 11.7 Å². The van der Waals surface area contributed by atoms with Gasteiger partial charge >= 0.3 is 0 Å². The molecule has 1 aliphatic rings. The van der Waals surface area contributed by atoms with Gasteiger partial charge < -0.3 is 10.2 Å². The lowest BCUT2D eigenvalue weighted by atomic mass is 9.96. The number of aryl methyl sites for hydroxylation is 1. The molecular formula is C24H35N5O. The van der Waals surface area contributed by atoms with Gasteiger partial charge in [0.2, 0.25) is 5.91 Å². The largest absolute Gasteiger partial charge is 0.354 e. The number of nitrogens with zero attached hydrogens (tertiary/aromatic N) is 4. The van der Waals surface area contributed by atoms with Crippen LogP contribution in [0.5, 0.6) is 0 Å². The van der Waals surface area contributed by atoms with E-state index in [9.17, 15) is 4.79 Å². The van der Waals surface area contributed by atoms with Gasteiger partial charge in [0.05, 0.1) is 12.6 Å². The minimum Gasteiger partial charge on any atom is -0.354 e. The van der Waals surface area contributed by atoms with E-state index in [1.54, 1.807) is 0 Å². The van der Waals surface area contributed by atoms with E-state index < -0.39 is 0 Å². The van der Waals surface area contributed by atoms with E-state index in [-0.39, 0.29) is 11.9 Å². The van der Waals surface area contributed by atoms with Gasteiger partial charge in [-0.25, -0.2) is 9.97 Å². The van der Waals surface area contributed by atoms with Gasteiger partial charge in [0.15, 0.2) is 0 Å². The average Bonchev–Trinajstić information content (AvgIpc) is 2.72. The van der Waals surface area contributed by atoms with Crippen LogP contribution in [0.3, 0.4) is 0 Å². The summed E-state index contributed by atoms with van der Waals surface area (Å²) in [5.74, 6) is 2.63. The van der Waals surface area contributed by atoms with E-state index in [4.69, 9.17) is 4.98 Å². The lowest BCUT2D eigenvalue weighted by Crippen LogP contribution is -2.50. The molecule has 1 amide bonds. The average molecular weight is 410 g/mol. The number of benzene rings is 1. The van der Waals surface area contributed by atoms with Crippen molar-refractivity contribution in [1.82, 2.24) is 20.2 Å². The van der Waals surface area contributed by atoms with E-state index in [1.807, 2.05) is 25.1 Å². The molecule has 1 N–H and O–H groups in total. The number of hydrogen-bond acceptors (Lipinski definition) is 5. The van der Waals surface area contributed by atoms with E-state index in [0.717, 1.165) is 49.1 Å². The van der Waals surface area contributed by atoms with Crippen molar-refractivity contribution in [1.29, 1.82) is 0 Å². The minimum absolute atomic E-state index is 0.0402. The Balaban J connectivity index is 1.55. The van der Waals surface area contributed by atoms with Crippen molar-refractivity contribution in [3.05, 3.63) is 53.5 Å². The fourth-order valence-electron chi connectivity index (χ4n) is 3.85. The van der Waals surface area contributed by atoms with Crippen LogP contribution < -0.4 is 10.2 Å². The third-order valence-corrected chi connectivity index (χ3v) is 5.58. The second kappa shape index (κ2) is 10.0. The van der Waals surface area contributed by atoms with Crippen LogP contribution in [0, 0.1) is 12.8 Å². The monoisotopic (exact) mass is 409 g/mol.